The number of carbonyl (C=O) groups is 1. The molecule has 7 nitrogen and oxygen atoms in total. The fourth-order valence-electron chi connectivity index (χ4n) is 3.64. The molecular weight excluding hydrogens is 318 g/mol. The molecule has 0 bridgehead atoms. The summed E-state index contributed by atoms with van der Waals surface area (Å²) in [6.07, 6.45) is 5.96. The minimum Gasteiger partial charge on any atom is -0.361 e. The van der Waals surface area contributed by atoms with Crippen LogP contribution in [0.15, 0.2) is 16.9 Å². The summed E-state index contributed by atoms with van der Waals surface area (Å²) in [7, 11) is 0. The predicted octanol–water partition coefficient (Wildman–Crippen LogP) is 2.95. The van der Waals surface area contributed by atoms with Crippen LogP contribution in [0.2, 0.25) is 0 Å². The molecule has 3 rings (SSSR count). The number of hydrogen-bond acceptors (Lipinski definition) is 4. The Labute approximate surface area is 148 Å². The van der Waals surface area contributed by atoms with Crippen molar-refractivity contribution in [2.75, 3.05) is 19.6 Å². The third kappa shape index (κ3) is 3.86. The summed E-state index contributed by atoms with van der Waals surface area (Å²) in [4.78, 5) is 14.5. The molecule has 1 saturated heterocycles. The Kier molecular flexibility index (Phi) is 5.11. The van der Waals surface area contributed by atoms with Gasteiger partial charge in [0.05, 0.1) is 17.9 Å². The molecule has 2 amide bonds. The van der Waals surface area contributed by atoms with Crippen molar-refractivity contribution in [1.29, 1.82) is 0 Å². The van der Waals surface area contributed by atoms with Crippen LogP contribution < -0.4 is 5.32 Å². The van der Waals surface area contributed by atoms with Gasteiger partial charge in [-0.3, -0.25) is 4.68 Å². The van der Waals surface area contributed by atoms with Crippen molar-refractivity contribution in [3.05, 3.63) is 35.0 Å². The number of rotatable bonds is 4. The molecule has 0 spiro atoms. The lowest BCUT2D eigenvalue weighted by Crippen LogP contribution is -2.46. The van der Waals surface area contributed by atoms with Gasteiger partial charge in [0, 0.05) is 37.3 Å². The van der Waals surface area contributed by atoms with Gasteiger partial charge in [-0.15, -0.1) is 0 Å². The van der Waals surface area contributed by atoms with Gasteiger partial charge in [0.15, 0.2) is 0 Å². The largest absolute Gasteiger partial charge is 0.361 e. The van der Waals surface area contributed by atoms with Gasteiger partial charge in [0.25, 0.3) is 0 Å². The van der Waals surface area contributed by atoms with Gasteiger partial charge < -0.3 is 14.7 Å². The molecular formula is C18H27N5O2. The predicted molar refractivity (Wildman–Crippen MR) is 94.6 cm³/mol. The topological polar surface area (TPSA) is 76.2 Å². The van der Waals surface area contributed by atoms with Crippen molar-refractivity contribution in [2.45, 2.75) is 52.5 Å². The zero-order valence-electron chi connectivity index (χ0n) is 15.5. The molecule has 0 unspecified atom stereocenters. The molecule has 2 atom stereocenters. The molecule has 0 aliphatic carbocycles. The fourth-order valence-corrected chi connectivity index (χ4v) is 3.64. The molecule has 25 heavy (non-hydrogen) atoms. The third-order valence-corrected chi connectivity index (χ3v) is 4.93. The van der Waals surface area contributed by atoms with Gasteiger partial charge in [0.1, 0.15) is 5.76 Å². The number of piperidine rings is 1. The average molecular weight is 345 g/mol. The Morgan fingerprint density at radius 3 is 2.88 bits per heavy atom. The minimum absolute atomic E-state index is 0.00723. The molecule has 0 aromatic carbocycles. The van der Waals surface area contributed by atoms with E-state index in [9.17, 15) is 4.79 Å². The van der Waals surface area contributed by atoms with E-state index in [-0.39, 0.29) is 18.0 Å². The maximum Gasteiger partial charge on any atom is 0.317 e. The second-order valence-electron chi connectivity index (χ2n) is 7.06. The Balaban J connectivity index is 1.56. The Bertz CT molecular complexity index is 716. The van der Waals surface area contributed by atoms with Gasteiger partial charge in [-0.25, -0.2) is 4.79 Å². The zero-order chi connectivity index (χ0) is 18.0. The van der Waals surface area contributed by atoms with Crippen molar-refractivity contribution in [2.24, 2.45) is 0 Å². The average Bonchev–Trinajstić information content (AvgIpc) is 3.18. The normalized spacial score (nSPS) is 19.0. The van der Waals surface area contributed by atoms with Crippen LogP contribution in [0.5, 0.6) is 0 Å². The van der Waals surface area contributed by atoms with Crippen LogP contribution in [-0.2, 0) is 0 Å². The lowest BCUT2D eigenvalue weighted by atomic mass is 9.99. The van der Waals surface area contributed by atoms with Crippen LogP contribution in [0.4, 0.5) is 4.79 Å². The van der Waals surface area contributed by atoms with E-state index >= 15 is 0 Å². The highest BCUT2D eigenvalue weighted by Gasteiger charge is 2.26. The lowest BCUT2D eigenvalue weighted by Gasteiger charge is -2.33. The highest BCUT2D eigenvalue weighted by Crippen LogP contribution is 2.23. The summed E-state index contributed by atoms with van der Waals surface area (Å²) in [5, 5.41) is 11.5. The fraction of sp³-hybridized carbons (Fsp3) is 0.611. The minimum atomic E-state index is -0.00723. The lowest BCUT2D eigenvalue weighted by molar-refractivity contribution is 0.163. The molecule has 7 heteroatoms. The first-order valence-corrected chi connectivity index (χ1v) is 8.92. The molecule has 2 aromatic heterocycles. The maximum atomic E-state index is 12.6. The quantitative estimate of drug-likeness (QED) is 0.924. The summed E-state index contributed by atoms with van der Waals surface area (Å²) >= 11 is 0. The van der Waals surface area contributed by atoms with Crippen molar-refractivity contribution >= 4 is 6.03 Å². The van der Waals surface area contributed by atoms with E-state index in [1.54, 1.807) is 0 Å². The zero-order valence-corrected chi connectivity index (χ0v) is 15.5. The standard InChI is InChI=1S/C18H27N5O2/c1-12-8-20-23(10-12)16-6-5-7-22(11-16)18(24)19-9-13(2)17-14(3)21-25-15(17)4/h8,10,13,16H,5-7,9,11H2,1-4H3,(H,19,24)/t13-,16+/m1/s1. The van der Waals surface area contributed by atoms with Crippen LogP contribution in [0.1, 0.15) is 54.3 Å². The van der Waals surface area contributed by atoms with Crippen LogP contribution in [0.3, 0.4) is 0 Å². The van der Waals surface area contributed by atoms with E-state index in [0.717, 1.165) is 42.0 Å². The first-order valence-electron chi connectivity index (χ1n) is 8.92. The number of carbonyl (C=O) groups excluding carboxylic acids is 1. The van der Waals surface area contributed by atoms with Crippen LogP contribution >= 0.6 is 0 Å². The molecule has 1 aliphatic heterocycles. The number of aryl methyl sites for hydroxylation is 3. The summed E-state index contributed by atoms with van der Waals surface area (Å²) in [5.41, 5.74) is 3.13. The van der Waals surface area contributed by atoms with Gasteiger partial charge >= 0.3 is 6.03 Å². The van der Waals surface area contributed by atoms with Crippen molar-refractivity contribution < 1.29 is 9.32 Å². The molecule has 1 aliphatic rings. The first-order chi connectivity index (χ1) is 12.0. The SMILES string of the molecule is Cc1cnn([C@H]2CCCN(C(=O)NC[C@@H](C)c3c(C)noc3C)C2)c1. The van der Waals surface area contributed by atoms with E-state index in [0.29, 0.717) is 13.1 Å². The highest BCUT2D eigenvalue weighted by molar-refractivity contribution is 5.74. The van der Waals surface area contributed by atoms with E-state index in [2.05, 4.69) is 22.5 Å². The summed E-state index contributed by atoms with van der Waals surface area (Å²) in [6.45, 7) is 10.0. The number of aromatic nitrogens is 3. The number of urea groups is 1. The summed E-state index contributed by atoms with van der Waals surface area (Å²) in [5.74, 6) is 0.996. The third-order valence-electron chi connectivity index (χ3n) is 4.93. The number of hydrogen-bond donors (Lipinski definition) is 1. The van der Waals surface area contributed by atoms with E-state index in [4.69, 9.17) is 4.52 Å². The van der Waals surface area contributed by atoms with Gasteiger partial charge in [-0.2, -0.15) is 5.10 Å². The second-order valence-corrected chi connectivity index (χ2v) is 7.06. The first kappa shape index (κ1) is 17.5. The number of likely N-dealkylation sites (tertiary alicyclic amines) is 1. The van der Waals surface area contributed by atoms with Crippen molar-refractivity contribution in [3.8, 4) is 0 Å². The summed E-state index contributed by atoms with van der Waals surface area (Å²) in [6, 6.07) is 0.250. The van der Waals surface area contributed by atoms with E-state index in [1.165, 1.54) is 0 Å². The number of nitrogens with zero attached hydrogens (tertiary/aromatic N) is 4. The number of nitrogens with one attached hydrogen (secondary N) is 1. The van der Waals surface area contributed by atoms with E-state index < -0.39 is 0 Å². The van der Waals surface area contributed by atoms with Crippen LogP contribution in [0, 0.1) is 20.8 Å². The molecule has 0 radical (unpaired) electrons. The Hall–Kier alpha value is -2.31. The van der Waals surface area contributed by atoms with Gasteiger partial charge in [-0.05, 0) is 39.2 Å². The van der Waals surface area contributed by atoms with Crippen LogP contribution in [0.25, 0.3) is 0 Å². The van der Waals surface area contributed by atoms with Crippen LogP contribution in [-0.4, -0.2) is 45.5 Å². The second kappa shape index (κ2) is 7.29. The molecule has 1 fully saturated rings. The van der Waals surface area contributed by atoms with Gasteiger partial charge in [0.2, 0.25) is 0 Å². The molecule has 1 N–H and O–H groups in total. The van der Waals surface area contributed by atoms with Crippen molar-refractivity contribution in [1.82, 2.24) is 25.2 Å². The van der Waals surface area contributed by atoms with Crippen molar-refractivity contribution in [3.63, 3.8) is 0 Å². The number of amides is 2. The highest BCUT2D eigenvalue weighted by atomic mass is 16.5. The molecule has 2 aromatic rings. The molecule has 0 saturated carbocycles. The Morgan fingerprint density at radius 1 is 1.44 bits per heavy atom. The summed E-state index contributed by atoms with van der Waals surface area (Å²) < 4.78 is 7.21. The monoisotopic (exact) mass is 345 g/mol. The maximum absolute atomic E-state index is 12.6. The van der Waals surface area contributed by atoms with E-state index in [1.807, 2.05) is 42.7 Å². The smallest absolute Gasteiger partial charge is 0.317 e. The Morgan fingerprint density at radius 2 is 2.24 bits per heavy atom. The molecule has 136 valence electrons. The van der Waals surface area contributed by atoms with Gasteiger partial charge in [-0.1, -0.05) is 12.1 Å². The molecule has 3 heterocycles.